The molecule has 0 aliphatic carbocycles. The van der Waals surface area contributed by atoms with Gasteiger partial charge in [-0.3, -0.25) is 9.69 Å². The number of carbonyl (C=O) groups excluding carboxylic acids is 1. The fraction of sp³-hybridized carbons (Fsp3) is 0.375. The highest BCUT2D eigenvalue weighted by atomic mass is 32.2. The summed E-state index contributed by atoms with van der Waals surface area (Å²) < 4.78 is 10.8. The second kappa shape index (κ2) is 6.41. The highest BCUT2D eigenvalue weighted by Gasteiger charge is 2.42. The van der Waals surface area contributed by atoms with E-state index in [9.17, 15) is 4.79 Å². The third-order valence-corrected chi connectivity index (χ3v) is 5.92. The standard InChI is InChI=1S/C16H18N2O3S2/c1-9-8-17-16(22-9)18-14(19)10(2)23-15(18)12-7-11(20-3)5-6-13(12)21-4/h5-8,10,15H,1-4H3. The van der Waals surface area contributed by atoms with Gasteiger partial charge in [-0.15, -0.1) is 23.1 Å². The van der Waals surface area contributed by atoms with Crippen molar-refractivity contribution in [1.82, 2.24) is 4.98 Å². The molecule has 2 aromatic rings. The number of ether oxygens (including phenoxy) is 2. The van der Waals surface area contributed by atoms with E-state index in [4.69, 9.17) is 9.47 Å². The van der Waals surface area contributed by atoms with Crippen LogP contribution in [0, 0.1) is 6.92 Å². The van der Waals surface area contributed by atoms with Crippen molar-refractivity contribution in [3.05, 3.63) is 34.8 Å². The quantitative estimate of drug-likeness (QED) is 0.843. The lowest BCUT2D eigenvalue weighted by atomic mass is 10.1. The number of amides is 1. The molecule has 2 heterocycles. The van der Waals surface area contributed by atoms with Gasteiger partial charge in [0.25, 0.3) is 0 Å². The third kappa shape index (κ3) is 2.90. The molecule has 1 amide bonds. The summed E-state index contributed by atoms with van der Waals surface area (Å²) in [6.45, 7) is 3.91. The molecule has 1 saturated heterocycles. The van der Waals surface area contributed by atoms with Crippen LogP contribution in [0.3, 0.4) is 0 Å². The summed E-state index contributed by atoms with van der Waals surface area (Å²) in [5.41, 5.74) is 0.919. The van der Waals surface area contributed by atoms with Crippen LogP contribution in [0.2, 0.25) is 0 Å². The summed E-state index contributed by atoms with van der Waals surface area (Å²) in [7, 11) is 3.26. The van der Waals surface area contributed by atoms with Crippen LogP contribution in [0.25, 0.3) is 0 Å². The summed E-state index contributed by atoms with van der Waals surface area (Å²) in [6, 6.07) is 5.65. The van der Waals surface area contributed by atoms with Crippen LogP contribution < -0.4 is 14.4 Å². The molecule has 1 fully saturated rings. The molecule has 5 nitrogen and oxygen atoms in total. The Morgan fingerprint density at radius 3 is 2.65 bits per heavy atom. The first-order valence-electron chi connectivity index (χ1n) is 7.18. The van der Waals surface area contributed by atoms with Gasteiger partial charge < -0.3 is 9.47 Å². The molecule has 0 saturated carbocycles. The molecule has 0 N–H and O–H groups in total. The van der Waals surface area contributed by atoms with Crippen LogP contribution in [0.4, 0.5) is 5.13 Å². The number of nitrogens with zero attached hydrogens (tertiary/aromatic N) is 2. The Balaban J connectivity index is 2.08. The predicted molar refractivity (Wildman–Crippen MR) is 93.7 cm³/mol. The smallest absolute Gasteiger partial charge is 0.242 e. The fourth-order valence-electron chi connectivity index (χ4n) is 2.52. The lowest BCUT2D eigenvalue weighted by molar-refractivity contribution is -0.117. The van der Waals surface area contributed by atoms with E-state index in [1.54, 1.807) is 37.1 Å². The Labute approximate surface area is 143 Å². The van der Waals surface area contributed by atoms with Crippen molar-refractivity contribution < 1.29 is 14.3 Å². The molecule has 0 radical (unpaired) electrons. The first-order valence-corrected chi connectivity index (χ1v) is 8.94. The zero-order chi connectivity index (χ0) is 16.6. The molecule has 1 aliphatic rings. The van der Waals surface area contributed by atoms with Gasteiger partial charge in [-0.2, -0.15) is 0 Å². The van der Waals surface area contributed by atoms with E-state index in [-0.39, 0.29) is 16.5 Å². The van der Waals surface area contributed by atoms with Crippen LogP contribution in [0.5, 0.6) is 11.5 Å². The van der Waals surface area contributed by atoms with Crippen molar-refractivity contribution in [1.29, 1.82) is 0 Å². The van der Waals surface area contributed by atoms with E-state index in [1.807, 2.05) is 32.0 Å². The minimum Gasteiger partial charge on any atom is -0.497 e. The molecule has 0 spiro atoms. The average molecular weight is 350 g/mol. The largest absolute Gasteiger partial charge is 0.497 e. The molecule has 23 heavy (non-hydrogen) atoms. The molecule has 0 bridgehead atoms. The zero-order valence-corrected chi connectivity index (χ0v) is 15.0. The summed E-state index contributed by atoms with van der Waals surface area (Å²) >= 11 is 3.12. The predicted octanol–water partition coefficient (Wildman–Crippen LogP) is 3.64. The number of anilines is 1. The van der Waals surface area contributed by atoms with Crippen molar-refractivity contribution in [2.75, 3.05) is 19.1 Å². The van der Waals surface area contributed by atoms with Crippen LogP contribution in [0.1, 0.15) is 22.7 Å². The van der Waals surface area contributed by atoms with Gasteiger partial charge in [0.1, 0.15) is 16.9 Å². The lowest BCUT2D eigenvalue weighted by Crippen LogP contribution is -2.30. The normalized spacial score (nSPS) is 20.9. The molecule has 3 rings (SSSR count). The third-order valence-electron chi connectivity index (χ3n) is 3.67. The number of methoxy groups -OCH3 is 2. The van der Waals surface area contributed by atoms with Crippen LogP contribution >= 0.6 is 23.1 Å². The fourth-order valence-corrected chi connectivity index (χ4v) is 4.65. The number of aromatic nitrogens is 1. The monoisotopic (exact) mass is 350 g/mol. The Kier molecular flexibility index (Phi) is 4.50. The average Bonchev–Trinajstić information content (AvgIpc) is 3.10. The topological polar surface area (TPSA) is 51.7 Å². The number of hydrogen-bond donors (Lipinski definition) is 0. The Morgan fingerprint density at radius 1 is 1.26 bits per heavy atom. The minimum atomic E-state index is -0.173. The molecular weight excluding hydrogens is 332 g/mol. The number of rotatable bonds is 4. The molecule has 2 atom stereocenters. The number of thioether (sulfide) groups is 1. The van der Waals surface area contributed by atoms with E-state index in [0.717, 1.165) is 27.1 Å². The van der Waals surface area contributed by atoms with Crippen molar-refractivity contribution in [2.45, 2.75) is 24.5 Å². The Hall–Kier alpha value is -1.73. The highest BCUT2D eigenvalue weighted by Crippen LogP contribution is 2.49. The number of hydrogen-bond acceptors (Lipinski definition) is 6. The Bertz CT molecular complexity index is 732. The summed E-state index contributed by atoms with van der Waals surface area (Å²) in [5, 5.41) is 0.424. The second-order valence-corrected chi connectivity index (χ2v) is 7.84. The number of carbonyl (C=O) groups is 1. The SMILES string of the molecule is COc1ccc(OC)c(C2SC(C)C(=O)N2c2ncc(C)s2)c1. The molecule has 1 aromatic heterocycles. The molecular formula is C16H18N2O3S2. The van der Waals surface area contributed by atoms with Gasteiger partial charge in [-0.1, -0.05) is 0 Å². The van der Waals surface area contributed by atoms with Crippen LogP contribution in [-0.2, 0) is 4.79 Å². The van der Waals surface area contributed by atoms with Crippen LogP contribution in [0.15, 0.2) is 24.4 Å². The van der Waals surface area contributed by atoms with Crippen molar-refractivity contribution >= 4 is 34.1 Å². The molecule has 1 aliphatic heterocycles. The lowest BCUT2D eigenvalue weighted by Gasteiger charge is -2.23. The van der Waals surface area contributed by atoms with E-state index >= 15 is 0 Å². The van der Waals surface area contributed by atoms with Crippen molar-refractivity contribution in [2.24, 2.45) is 0 Å². The zero-order valence-electron chi connectivity index (χ0n) is 13.4. The molecule has 2 unspecified atom stereocenters. The van der Waals surface area contributed by atoms with Gasteiger partial charge in [-0.25, -0.2) is 4.98 Å². The van der Waals surface area contributed by atoms with Gasteiger partial charge in [0.05, 0.1) is 19.5 Å². The van der Waals surface area contributed by atoms with Gasteiger partial charge in [0.15, 0.2) is 5.13 Å². The maximum Gasteiger partial charge on any atom is 0.242 e. The van der Waals surface area contributed by atoms with E-state index in [1.165, 1.54) is 11.3 Å². The van der Waals surface area contributed by atoms with Crippen LogP contribution in [-0.4, -0.2) is 30.4 Å². The van der Waals surface area contributed by atoms with E-state index in [2.05, 4.69) is 4.98 Å². The summed E-state index contributed by atoms with van der Waals surface area (Å²) in [6.07, 6.45) is 1.79. The van der Waals surface area contributed by atoms with Gasteiger partial charge in [-0.05, 0) is 32.0 Å². The first kappa shape index (κ1) is 16.1. The van der Waals surface area contributed by atoms with Crippen molar-refractivity contribution in [3.8, 4) is 11.5 Å². The highest BCUT2D eigenvalue weighted by molar-refractivity contribution is 8.01. The Morgan fingerprint density at radius 2 is 2.04 bits per heavy atom. The summed E-state index contributed by atoms with van der Waals surface area (Å²) in [5.74, 6) is 1.55. The number of aryl methyl sites for hydroxylation is 1. The maximum atomic E-state index is 12.7. The number of thiazole rings is 1. The molecule has 1 aromatic carbocycles. The van der Waals surface area contributed by atoms with Gasteiger partial charge in [0.2, 0.25) is 5.91 Å². The summed E-state index contributed by atoms with van der Waals surface area (Å²) in [4.78, 5) is 19.9. The van der Waals surface area contributed by atoms with Crippen molar-refractivity contribution in [3.63, 3.8) is 0 Å². The molecule has 7 heteroatoms. The van der Waals surface area contributed by atoms with E-state index in [0.29, 0.717) is 0 Å². The maximum absolute atomic E-state index is 12.7. The first-order chi connectivity index (χ1) is 11.0. The van der Waals surface area contributed by atoms with Gasteiger partial charge >= 0.3 is 0 Å². The minimum absolute atomic E-state index is 0.0687. The van der Waals surface area contributed by atoms with Gasteiger partial charge in [0, 0.05) is 16.6 Å². The number of benzene rings is 1. The second-order valence-electron chi connectivity index (χ2n) is 5.20. The molecule has 122 valence electrons. The van der Waals surface area contributed by atoms with E-state index < -0.39 is 0 Å².